The second-order valence-corrected chi connectivity index (χ2v) is 6.30. The van der Waals surface area contributed by atoms with E-state index in [0.29, 0.717) is 0 Å². The molecule has 0 saturated carbocycles. The Morgan fingerprint density at radius 1 is 1.15 bits per heavy atom. The molecule has 0 aliphatic heterocycles. The number of benzene rings is 2. The van der Waals surface area contributed by atoms with Crippen LogP contribution in [0.2, 0.25) is 0 Å². The van der Waals surface area contributed by atoms with Crippen LogP contribution in [0.5, 0.6) is 0 Å². The molecule has 1 atom stereocenters. The fourth-order valence-electron chi connectivity index (χ4n) is 2.79. The molecule has 0 spiro atoms. The summed E-state index contributed by atoms with van der Waals surface area (Å²) in [4.78, 5) is 24.0. The van der Waals surface area contributed by atoms with Crippen molar-refractivity contribution in [3.8, 4) is 0 Å². The molecule has 1 heterocycles. The summed E-state index contributed by atoms with van der Waals surface area (Å²) in [5.41, 5.74) is 3.57. The monoisotopic (exact) mass is 351 g/mol. The van der Waals surface area contributed by atoms with Crippen molar-refractivity contribution in [2.24, 2.45) is 0 Å². The Bertz CT molecular complexity index is 914. The molecule has 0 unspecified atom stereocenters. The number of rotatable bonds is 6. The van der Waals surface area contributed by atoms with Gasteiger partial charge < -0.3 is 14.5 Å². The number of fused-ring (bicyclic) bond motifs is 1. The molecule has 1 N–H and O–H groups in total. The molecule has 5 nitrogen and oxygen atoms in total. The molecule has 2 aromatic carbocycles. The predicted molar refractivity (Wildman–Crippen MR) is 98.6 cm³/mol. The molecule has 0 fully saturated rings. The van der Waals surface area contributed by atoms with E-state index < -0.39 is 5.97 Å². The van der Waals surface area contributed by atoms with Crippen LogP contribution in [0, 0.1) is 6.92 Å². The Morgan fingerprint density at radius 2 is 1.92 bits per heavy atom. The van der Waals surface area contributed by atoms with Gasteiger partial charge in [-0.1, -0.05) is 42.5 Å². The third kappa shape index (κ3) is 4.30. The van der Waals surface area contributed by atoms with E-state index in [0.717, 1.165) is 27.7 Å². The second-order valence-electron chi connectivity index (χ2n) is 6.30. The quantitative estimate of drug-likeness (QED) is 0.688. The van der Waals surface area contributed by atoms with Crippen molar-refractivity contribution < 1.29 is 18.7 Å². The maximum absolute atomic E-state index is 12.0. The fraction of sp³-hybridized carbons (Fsp3) is 0.238. The minimum absolute atomic E-state index is 0.0670. The Morgan fingerprint density at radius 3 is 2.69 bits per heavy atom. The molecular weight excluding hydrogens is 330 g/mol. The van der Waals surface area contributed by atoms with Gasteiger partial charge in [-0.3, -0.25) is 9.59 Å². The molecule has 134 valence electrons. The maximum atomic E-state index is 12.0. The standard InChI is InChI=1S/C21H21NO4/c1-14-8-9-18-17(12-25-19(18)10-14)11-21(24)26-13-20(23)22-15(2)16-6-4-3-5-7-16/h3-10,12,15H,11,13H2,1-2H3,(H,22,23)/t15-/m1/s1. The summed E-state index contributed by atoms with van der Waals surface area (Å²) in [7, 11) is 0. The predicted octanol–water partition coefficient (Wildman–Crippen LogP) is 3.70. The van der Waals surface area contributed by atoms with Gasteiger partial charge in [-0.25, -0.2) is 0 Å². The van der Waals surface area contributed by atoms with Gasteiger partial charge in [-0.2, -0.15) is 0 Å². The van der Waals surface area contributed by atoms with Crippen molar-refractivity contribution in [3.63, 3.8) is 0 Å². The van der Waals surface area contributed by atoms with E-state index in [1.165, 1.54) is 0 Å². The highest BCUT2D eigenvalue weighted by molar-refractivity contribution is 5.87. The van der Waals surface area contributed by atoms with Gasteiger partial charge in [-0.15, -0.1) is 0 Å². The molecule has 3 rings (SSSR count). The summed E-state index contributed by atoms with van der Waals surface area (Å²) in [6.07, 6.45) is 1.63. The highest BCUT2D eigenvalue weighted by atomic mass is 16.5. The first-order valence-corrected chi connectivity index (χ1v) is 8.49. The van der Waals surface area contributed by atoms with E-state index in [2.05, 4.69) is 5.32 Å². The molecule has 1 aromatic heterocycles. The van der Waals surface area contributed by atoms with E-state index in [-0.39, 0.29) is 25.0 Å². The smallest absolute Gasteiger partial charge is 0.310 e. The highest BCUT2D eigenvalue weighted by Gasteiger charge is 2.14. The molecular formula is C21H21NO4. The van der Waals surface area contributed by atoms with E-state index in [1.54, 1.807) is 6.26 Å². The number of amides is 1. The molecule has 0 aliphatic rings. The average molecular weight is 351 g/mol. The number of carbonyl (C=O) groups excluding carboxylic acids is 2. The number of aryl methyl sites for hydroxylation is 1. The van der Waals surface area contributed by atoms with Gasteiger partial charge in [0.1, 0.15) is 5.58 Å². The lowest BCUT2D eigenvalue weighted by molar-refractivity contribution is -0.148. The normalized spacial score (nSPS) is 11.9. The number of nitrogens with one attached hydrogen (secondary N) is 1. The number of hydrogen-bond acceptors (Lipinski definition) is 4. The number of esters is 1. The summed E-state index contributed by atoms with van der Waals surface area (Å²) < 4.78 is 10.6. The topological polar surface area (TPSA) is 68.5 Å². The van der Waals surface area contributed by atoms with Crippen LogP contribution in [0.25, 0.3) is 11.0 Å². The summed E-state index contributed by atoms with van der Waals surface area (Å²) in [5, 5.41) is 3.70. The maximum Gasteiger partial charge on any atom is 0.310 e. The van der Waals surface area contributed by atoms with Crippen molar-refractivity contribution in [1.29, 1.82) is 0 Å². The Labute approximate surface area is 152 Å². The highest BCUT2D eigenvalue weighted by Crippen LogP contribution is 2.22. The number of carbonyl (C=O) groups is 2. The van der Waals surface area contributed by atoms with Gasteiger partial charge in [0.2, 0.25) is 0 Å². The van der Waals surface area contributed by atoms with Crippen molar-refractivity contribution in [1.82, 2.24) is 5.32 Å². The fourth-order valence-corrected chi connectivity index (χ4v) is 2.79. The largest absolute Gasteiger partial charge is 0.464 e. The lowest BCUT2D eigenvalue weighted by Crippen LogP contribution is -2.31. The third-order valence-corrected chi connectivity index (χ3v) is 4.19. The zero-order valence-electron chi connectivity index (χ0n) is 14.8. The van der Waals surface area contributed by atoms with Crippen molar-refractivity contribution >= 4 is 22.8 Å². The Kier molecular flexibility index (Phi) is 5.37. The number of ether oxygens (including phenoxy) is 1. The van der Waals surface area contributed by atoms with Gasteiger partial charge in [0.05, 0.1) is 18.7 Å². The van der Waals surface area contributed by atoms with Gasteiger partial charge >= 0.3 is 5.97 Å². The average Bonchev–Trinajstić information content (AvgIpc) is 3.02. The van der Waals surface area contributed by atoms with E-state index in [1.807, 2.05) is 62.4 Å². The molecule has 3 aromatic rings. The lowest BCUT2D eigenvalue weighted by Gasteiger charge is -2.14. The van der Waals surface area contributed by atoms with E-state index >= 15 is 0 Å². The lowest BCUT2D eigenvalue weighted by atomic mass is 10.1. The summed E-state index contributed by atoms with van der Waals surface area (Å²) >= 11 is 0. The number of furan rings is 1. The molecule has 0 radical (unpaired) electrons. The van der Waals surface area contributed by atoms with Crippen molar-refractivity contribution in [2.75, 3.05) is 6.61 Å². The minimum atomic E-state index is -0.462. The molecule has 5 heteroatoms. The zero-order chi connectivity index (χ0) is 18.5. The van der Waals surface area contributed by atoms with Crippen LogP contribution in [-0.2, 0) is 20.7 Å². The van der Waals surface area contributed by atoms with Crippen LogP contribution >= 0.6 is 0 Å². The van der Waals surface area contributed by atoms with Crippen LogP contribution < -0.4 is 5.32 Å². The first-order chi connectivity index (χ1) is 12.5. The van der Waals surface area contributed by atoms with E-state index in [9.17, 15) is 9.59 Å². The second kappa shape index (κ2) is 7.87. The van der Waals surface area contributed by atoms with Gasteiger partial charge in [-0.05, 0) is 31.0 Å². The Hall–Kier alpha value is -3.08. The van der Waals surface area contributed by atoms with Crippen molar-refractivity contribution in [3.05, 3.63) is 71.5 Å². The van der Waals surface area contributed by atoms with Gasteiger partial charge in [0.25, 0.3) is 5.91 Å². The minimum Gasteiger partial charge on any atom is -0.464 e. The first kappa shape index (κ1) is 17.7. The molecule has 1 amide bonds. The number of hydrogen-bond donors (Lipinski definition) is 1. The third-order valence-electron chi connectivity index (χ3n) is 4.19. The van der Waals surface area contributed by atoms with Crippen LogP contribution in [0.4, 0.5) is 0 Å². The molecule has 26 heavy (non-hydrogen) atoms. The summed E-state index contributed by atoms with van der Waals surface area (Å²) in [6.45, 7) is 3.56. The first-order valence-electron chi connectivity index (χ1n) is 8.49. The Balaban J connectivity index is 1.51. The SMILES string of the molecule is Cc1ccc2c(CC(=O)OCC(=O)N[C@H](C)c3ccccc3)coc2c1. The van der Waals surface area contributed by atoms with Crippen LogP contribution in [0.15, 0.2) is 59.2 Å². The van der Waals surface area contributed by atoms with E-state index in [4.69, 9.17) is 9.15 Å². The van der Waals surface area contributed by atoms with Gasteiger partial charge in [0.15, 0.2) is 6.61 Å². The summed E-state index contributed by atoms with van der Waals surface area (Å²) in [6, 6.07) is 15.3. The van der Waals surface area contributed by atoms with Crippen LogP contribution in [-0.4, -0.2) is 18.5 Å². The van der Waals surface area contributed by atoms with Crippen molar-refractivity contribution in [2.45, 2.75) is 26.3 Å². The molecule has 0 saturated heterocycles. The van der Waals surface area contributed by atoms with Gasteiger partial charge in [0, 0.05) is 10.9 Å². The van der Waals surface area contributed by atoms with Crippen LogP contribution in [0.3, 0.4) is 0 Å². The molecule has 0 bridgehead atoms. The van der Waals surface area contributed by atoms with Crippen LogP contribution in [0.1, 0.15) is 29.7 Å². The zero-order valence-corrected chi connectivity index (χ0v) is 14.8. The summed E-state index contributed by atoms with van der Waals surface area (Å²) in [5.74, 6) is -0.793. The molecule has 0 aliphatic carbocycles.